The highest BCUT2D eigenvalue weighted by molar-refractivity contribution is 7.99. The van der Waals surface area contributed by atoms with Crippen molar-refractivity contribution in [3.63, 3.8) is 0 Å². The van der Waals surface area contributed by atoms with Crippen molar-refractivity contribution in [3.05, 3.63) is 36.2 Å². The SMILES string of the molecule is C[C@H]1C[C@H](C)CN(C(=O)CSc2nnc(CN(c3ccccc3)S(C)(=O)=O)n2C)C1. The molecule has 0 unspecified atom stereocenters. The van der Waals surface area contributed by atoms with Gasteiger partial charge in [-0.1, -0.05) is 43.8 Å². The highest BCUT2D eigenvalue weighted by Gasteiger charge is 2.26. The monoisotopic (exact) mass is 451 g/mol. The summed E-state index contributed by atoms with van der Waals surface area (Å²) in [7, 11) is -1.70. The first-order chi connectivity index (χ1) is 14.1. The lowest BCUT2D eigenvalue weighted by molar-refractivity contribution is -0.130. The lowest BCUT2D eigenvalue weighted by atomic mass is 9.92. The van der Waals surface area contributed by atoms with Crippen LogP contribution in [0.1, 0.15) is 26.1 Å². The molecule has 1 saturated heterocycles. The smallest absolute Gasteiger partial charge is 0.233 e. The normalized spacial score (nSPS) is 19.7. The molecule has 10 heteroatoms. The summed E-state index contributed by atoms with van der Waals surface area (Å²) in [6.45, 7) is 6.03. The summed E-state index contributed by atoms with van der Waals surface area (Å²) >= 11 is 1.33. The highest BCUT2D eigenvalue weighted by Crippen LogP contribution is 2.24. The molecule has 1 aromatic heterocycles. The summed E-state index contributed by atoms with van der Waals surface area (Å²) < 4.78 is 27.7. The molecule has 0 aliphatic carbocycles. The standard InChI is InChI=1S/C20H29N5O3S2/c1-15-10-16(2)12-24(11-15)19(26)14-29-20-22-21-18(23(20)3)13-25(30(4,27)28)17-8-6-5-7-9-17/h5-9,15-16H,10-14H2,1-4H3/t15-,16-/m0/s1. The number of hydrogen-bond donors (Lipinski definition) is 0. The lowest BCUT2D eigenvalue weighted by Gasteiger charge is -2.34. The summed E-state index contributed by atoms with van der Waals surface area (Å²) in [5.74, 6) is 1.94. The molecule has 0 saturated carbocycles. The van der Waals surface area contributed by atoms with Gasteiger partial charge in [0.05, 0.1) is 24.2 Å². The fourth-order valence-electron chi connectivity index (χ4n) is 3.82. The topological polar surface area (TPSA) is 88.4 Å². The molecule has 2 heterocycles. The number of para-hydroxylation sites is 1. The first-order valence-corrected chi connectivity index (χ1v) is 12.8. The van der Waals surface area contributed by atoms with Crippen molar-refractivity contribution >= 4 is 33.4 Å². The zero-order chi connectivity index (χ0) is 21.9. The maximum absolute atomic E-state index is 12.6. The number of hydrogen-bond acceptors (Lipinski definition) is 6. The van der Waals surface area contributed by atoms with E-state index in [0.717, 1.165) is 19.5 Å². The van der Waals surface area contributed by atoms with E-state index in [-0.39, 0.29) is 12.5 Å². The van der Waals surface area contributed by atoms with Crippen molar-refractivity contribution in [2.75, 3.05) is 29.4 Å². The predicted octanol–water partition coefficient (Wildman–Crippen LogP) is 2.38. The zero-order valence-electron chi connectivity index (χ0n) is 17.9. The van der Waals surface area contributed by atoms with Gasteiger partial charge in [-0.25, -0.2) is 8.42 Å². The number of thioether (sulfide) groups is 1. The summed E-state index contributed by atoms with van der Waals surface area (Å²) in [5, 5.41) is 8.94. The first-order valence-electron chi connectivity index (χ1n) is 9.96. The van der Waals surface area contributed by atoms with Crippen molar-refractivity contribution < 1.29 is 13.2 Å². The van der Waals surface area contributed by atoms with Gasteiger partial charge in [0.15, 0.2) is 11.0 Å². The number of carbonyl (C=O) groups excluding carboxylic acids is 1. The van der Waals surface area contributed by atoms with Crippen LogP contribution in [0.4, 0.5) is 5.69 Å². The largest absolute Gasteiger partial charge is 0.341 e. The average Bonchev–Trinajstić information content (AvgIpc) is 3.02. The summed E-state index contributed by atoms with van der Waals surface area (Å²) in [6.07, 6.45) is 2.33. The van der Waals surface area contributed by atoms with Gasteiger partial charge < -0.3 is 9.47 Å². The summed E-state index contributed by atoms with van der Waals surface area (Å²) in [6, 6.07) is 8.90. The lowest BCUT2D eigenvalue weighted by Crippen LogP contribution is -2.43. The number of nitrogens with zero attached hydrogens (tertiary/aromatic N) is 5. The van der Waals surface area contributed by atoms with E-state index in [1.807, 2.05) is 11.0 Å². The Kier molecular flexibility index (Phi) is 7.07. The van der Waals surface area contributed by atoms with Gasteiger partial charge >= 0.3 is 0 Å². The number of carbonyl (C=O) groups is 1. The number of amides is 1. The van der Waals surface area contributed by atoms with Gasteiger partial charge in [0.1, 0.15) is 0 Å². The second-order valence-electron chi connectivity index (χ2n) is 8.10. The molecule has 3 rings (SSSR count). The van der Waals surface area contributed by atoms with E-state index in [0.29, 0.717) is 34.3 Å². The quantitative estimate of drug-likeness (QED) is 0.601. The van der Waals surface area contributed by atoms with Crippen molar-refractivity contribution in [1.82, 2.24) is 19.7 Å². The average molecular weight is 452 g/mol. The molecule has 8 nitrogen and oxygen atoms in total. The number of rotatable bonds is 7. The van der Waals surface area contributed by atoms with Crippen LogP contribution < -0.4 is 4.31 Å². The fourth-order valence-corrected chi connectivity index (χ4v) is 5.50. The Hall–Kier alpha value is -2.07. The molecule has 2 aromatic rings. The van der Waals surface area contributed by atoms with E-state index >= 15 is 0 Å². The minimum atomic E-state index is -3.49. The van der Waals surface area contributed by atoms with Crippen LogP contribution in [-0.4, -0.2) is 59.1 Å². The van der Waals surface area contributed by atoms with Crippen LogP contribution in [0.2, 0.25) is 0 Å². The predicted molar refractivity (Wildman–Crippen MR) is 119 cm³/mol. The molecule has 1 fully saturated rings. The van der Waals surface area contributed by atoms with Crippen molar-refractivity contribution in [2.45, 2.75) is 32.0 Å². The highest BCUT2D eigenvalue weighted by atomic mass is 32.2. The molecule has 0 N–H and O–H groups in total. The number of aromatic nitrogens is 3. The second kappa shape index (κ2) is 9.38. The number of anilines is 1. The van der Waals surface area contributed by atoms with Crippen LogP contribution in [0.5, 0.6) is 0 Å². The third-order valence-corrected chi connectivity index (χ3v) is 7.35. The van der Waals surface area contributed by atoms with Crippen LogP contribution in [0, 0.1) is 11.8 Å². The van der Waals surface area contributed by atoms with Crippen LogP contribution in [0.15, 0.2) is 35.5 Å². The van der Waals surface area contributed by atoms with E-state index in [1.165, 1.54) is 22.3 Å². The third kappa shape index (κ3) is 5.54. The van der Waals surface area contributed by atoms with Gasteiger partial charge in [-0.05, 0) is 30.4 Å². The molecule has 164 valence electrons. The second-order valence-corrected chi connectivity index (χ2v) is 10.9. The summed E-state index contributed by atoms with van der Waals surface area (Å²) in [5.41, 5.74) is 0.570. The molecule has 0 bridgehead atoms. The first kappa shape index (κ1) is 22.6. The Bertz CT molecular complexity index is 968. The van der Waals surface area contributed by atoms with Gasteiger partial charge in [-0.3, -0.25) is 9.10 Å². The molecule has 1 aromatic carbocycles. The van der Waals surface area contributed by atoms with Gasteiger partial charge in [0.2, 0.25) is 15.9 Å². The van der Waals surface area contributed by atoms with Crippen LogP contribution in [0.25, 0.3) is 0 Å². The number of sulfonamides is 1. The minimum absolute atomic E-state index is 0.0714. The van der Waals surface area contributed by atoms with E-state index < -0.39 is 10.0 Å². The molecule has 30 heavy (non-hydrogen) atoms. The molecule has 1 amide bonds. The molecule has 0 radical (unpaired) electrons. The van der Waals surface area contributed by atoms with Gasteiger partial charge in [-0.15, -0.1) is 10.2 Å². The van der Waals surface area contributed by atoms with Crippen LogP contribution in [-0.2, 0) is 28.4 Å². The van der Waals surface area contributed by atoms with Gasteiger partial charge in [0, 0.05) is 20.1 Å². The van der Waals surface area contributed by atoms with E-state index in [9.17, 15) is 13.2 Å². The van der Waals surface area contributed by atoms with Crippen LogP contribution >= 0.6 is 11.8 Å². The maximum atomic E-state index is 12.6. The van der Waals surface area contributed by atoms with E-state index in [2.05, 4.69) is 24.0 Å². The number of likely N-dealkylation sites (tertiary alicyclic amines) is 1. The molecular weight excluding hydrogens is 422 g/mol. The Morgan fingerprint density at radius 2 is 1.80 bits per heavy atom. The fraction of sp³-hybridized carbons (Fsp3) is 0.550. The van der Waals surface area contributed by atoms with E-state index in [4.69, 9.17) is 0 Å². The van der Waals surface area contributed by atoms with Crippen molar-refractivity contribution in [3.8, 4) is 0 Å². The number of benzene rings is 1. The van der Waals surface area contributed by atoms with Crippen molar-refractivity contribution in [2.24, 2.45) is 18.9 Å². The molecule has 2 atom stereocenters. The minimum Gasteiger partial charge on any atom is -0.341 e. The Morgan fingerprint density at radius 3 is 2.40 bits per heavy atom. The molecular formula is C20H29N5O3S2. The summed E-state index contributed by atoms with van der Waals surface area (Å²) in [4.78, 5) is 14.6. The maximum Gasteiger partial charge on any atom is 0.233 e. The molecule has 1 aliphatic rings. The zero-order valence-corrected chi connectivity index (χ0v) is 19.5. The van der Waals surface area contributed by atoms with E-state index in [1.54, 1.807) is 35.9 Å². The van der Waals surface area contributed by atoms with Gasteiger partial charge in [-0.2, -0.15) is 0 Å². The Balaban J connectivity index is 1.67. The Labute approximate surface area is 182 Å². The van der Waals surface area contributed by atoms with Gasteiger partial charge in [0.25, 0.3) is 0 Å². The molecule has 1 aliphatic heterocycles. The number of piperidine rings is 1. The van der Waals surface area contributed by atoms with Crippen LogP contribution in [0.3, 0.4) is 0 Å². The third-order valence-electron chi connectivity index (χ3n) is 5.20. The molecule has 0 spiro atoms. The van der Waals surface area contributed by atoms with Crippen molar-refractivity contribution in [1.29, 1.82) is 0 Å². The Morgan fingerprint density at radius 1 is 1.17 bits per heavy atom.